The van der Waals surface area contributed by atoms with Crippen LogP contribution in [0.3, 0.4) is 0 Å². The van der Waals surface area contributed by atoms with E-state index in [9.17, 15) is 0 Å². The molecule has 5 aromatic rings. The number of rotatable bonds is 2. The van der Waals surface area contributed by atoms with Crippen molar-refractivity contribution in [1.29, 1.82) is 0 Å². The summed E-state index contributed by atoms with van der Waals surface area (Å²) >= 11 is 0. The number of aryl methyl sites for hydroxylation is 1. The number of benzene rings is 5. The molecule has 0 saturated heterocycles. The quantitative estimate of drug-likeness (QED) is 0.161. The highest BCUT2D eigenvalue weighted by Gasteiger charge is 2.48. The van der Waals surface area contributed by atoms with Gasteiger partial charge in [0.1, 0.15) is 0 Å². The molecule has 0 radical (unpaired) electrons. The molecule has 0 fully saturated rings. The van der Waals surface area contributed by atoms with Crippen molar-refractivity contribution < 1.29 is 0 Å². The summed E-state index contributed by atoms with van der Waals surface area (Å²) in [6.07, 6.45) is 9.39. The van der Waals surface area contributed by atoms with E-state index in [1.807, 2.05) is 0 Å². The Morgan fingerprint density at radius 3 is 1.43 bits per heavy atom. The third kappa shape index (κ3) is 5.58. The van der Waals surface area contributed by atoms with Crippen LogP contribution in [0.1, 0.15) is 159 Å². The van der Waals surface area contributed by atoms with E-state index in [2.05, 4.69) is 173 Å². The van der Waals surface area contributed by atoms with Crippen molar-refractivity contribution >= 4 is 57.2 Å². The average Bonchev–Trinajstić information content (AvgIpc) is 3.65. The molecule has 0 N–H and O–H groups in total. The van der Waals surface area contributed by atoms with Crippen molar-refractivity contribution in [2.24, 2.45) is 10.8 Å². The lowest BCUT2D eigenvalue weighted by Gasteiger charge is -2.48. The van der Waals surface area contributed by atoms with Crippen molar-refractivity contribution in [2.75, 3.05) is 9.80 Å². The van der Waals surface area contributed by atoms with E-state index in [0.29, 0.717) is 5.41 Å². The Morgan fingerprint density at radius 1 is 0.400 bits per heavy atom. The molecule has 0 bridgehead atoms. The largest absolute Gasteiger partial charge is 0.311 e. The SMILES string of the molecule is Cc1cc2c3c(c1)N(c1ccc4c(c1)C(C)(C)CCC4(C)C)c1cc4c(cc1B3c1cc3c(cc1N2c1ccc2c(c1)CC(C)(C)C2)CC(C)(C)C3)C(C)(C)CCC4(C)C. The highest BCUT2D eigenvalue weighted by Crippen LogP contribution is 2.53. The minimum atomic E-state index is 0.0985. The maximum absolute atomic E-state index is 2.72. The fourth-order valence-electron chi connectivity index (χ4n) is 13.2. The van der Waals surface area contributed by atoms with Gasteiger partial charge in [0.05, 0.1) is 0 Å². The molecule has 60 heavy (non-hydrogen) atoms. The monoisotopic (exact) mass is 791 g/mol. The molecule has 0 amide bonds. The molecule has 11 rings (SSSR count). The Hall–Kier alpha value is -4.24. The zero-order valence-corrected chi connectivity index (χ0v) is 39.1. The standard InChI is InChI=1S/C57H67BN2/c1-34-22-49-51-50(23-34)60(40-16-17-41-42(27-40)55(8,9)19-18-54(41,6)7)48-29-44-43(56(10,11)20-21-57(44,12)13)28-46(48)58(51)45-25-37-32-53(4,5)33-38(37)26-47(45)59(49)39-15-14-35-30-52(2,3)31-36(35)24-39/h14-17,22-29H,18-21,30-33H2,1-13H3. The fraction of sp³-hybridized carbons (Fsp3) is 0.474. The van der Waals surface area contributed by atoms with Crippen molar-refractivity contribution in [3.63, 3.8) is 0 Å². The fourth-order valence-corrected chi connectivity index (χ4v) is 13.2. The van der Waals surface area contributed by atoms with Gasteiger partial charge in [-0.1, -0.05) is 107 Å². The zero-order chi connectivity index (χ0) is 42.3. The lowest BCUT2D eigenvalue weighted by molar-refractivity contribution is 0.332. The van der Waals surface area contributed by atoms with Gasteiger partial charge in [-0.15, -0.1) is 0 Å². The Labute approximate surface area is 362 Å². The van der Waals surface area contributed by atoms with Gasteiger partial charge < -0.3 is 9.80 Å². The van der Waals surface area contributed by atoms with Crippen LogP contribution in [0.2, 0.25) is 0 Å². The van der Waals surface area contributed by atoms with Crippen molar-refractivity contribution in [3.8, 4) is 0 Å². The van der Waals surface area contributed by atoms with Crippen LogP contribution in [-0.4, -0.2) is 6.71 Å². The van der Waals surface area contributed by atoms with Crippen LogP contribution in [0.25, 0.3) is 0 Å². The van der Waals surface area contributed by atoms with Crippen LogP contribution in [0.5, 0.6) is 0 Å². The van der Waals surface area contributed by atoms with Crippen LogP contribution in [0, 0.1) is 17.8 Å². The summed E-state index contributed by atoms with van der Waals surface area (Å²) in [6.45, 7) is 32.1. The van der Waals surface area contributed by atoms with Gasteiger partial charge in [-0.25, -0.2) is 0 Å². The molecule has 2 heterocycles. The smallest absolute Gasteiger partial charge is 0.252 e. The summed E-state index contributed by atoms with van der Waals surface area (Å²) in [5, 5.41) is 0. The van der Waals surface area contributed by atoms with Crippen molar-refractivity contribution in [2.45, 2.75) is 163 Å². The molecule has 0 spiro atoms. The molecule has 2 aliphatic heterocycles. The number of nitrogens with zero attached hydrogens (tertiary/aromatic N) is 2. The van der Waals surface area contributed by atoms with Crippen LogP contribution in [0.15, 0.2) is 72.8 Å². The van der Waals surface area contributed by atoms with E-state index in [-0.39, 0.29) is 33.8 Å². The van der Waals surface area contributed by atoms with E-state index in [4.69, 9.17) is 0 Å². The summed E-state index contributed by atoms with van der Waals surface area (Å²) in [6, 6.07) is 30.8. The van der Waals surface area contributed by atoms with Crippen LogP contribution in [0.4, 0.5) is 34.1 Å². The number of hydrogen-bond donors (Lipinski definition) is 0. The number of anilines is 6. The van der Waals surface area contributed by atoms with E-state index < -0.39 is 0 Å². The first-order valence-corrected chi connectivity index (χ1v) is 23.4. The lowest BCUT2D eigenvalue weighted by Crippen LogP contribution is -2.62. The maximum Gasteiger partial charge on any atom is 0.252 e. The van der Waals surface area contributed by atoms with Crippen LogP contribution in [-0.2, 0) is 47.3 Å². The summed E-state index contributed by atoms with van der Waals surface area (Å²) in [7, 11) is 0. The molecule has 5 aromatic carbocycles. The normalized spacial score (nSPS) is 22.2. The molecular weight excluding hydrogens is 723 g/mol. The van der Waals surface area contributed by atoms with E-state index in [1.54, 1.807) is 11.1 Å². The van der Waals surface area contributed by atoms with E-state index in [0.717, 1.165) is 25.7 Å². The maximum atomic E-state index is 2.72. The summed E-state index contributed by atoms with van der Waals surface area (Å²) in [5.74, 6) is 0. The third-order valence-corrected chi connectivity index (χ3v) is 16.7. The predicted molar refractivity (Wildman–Crippen MR) is 258 cm³/mol. The van der Waals surface area contributed by atoms with Gasteiger partial charge >= 0.3 is 0 Å². The average molecular weight is 791 g/mol. The molecule has 308 valence electrons. The highest BCUT2D eigenvalue weighted by atomic mass is 15.2. The lowest BCUT2D eigenvalue weighted by atomic mass is 9.33. The molecule has 4 aliphatic carbocycles. The summed E-state index contributed by atoms with van der Waals surface area (Å²) in [4.78, 5) is 5.42. The highest BCUT2D eigenvalue weighted by molar-refractivity contribution is 7.00. The predicted octanol–water partition coefficient (Wildman–Crippen LogP) is 13.0. The van der Waals surface area contributed by atoms with Gasteiger partial charge in [0, 0.05) is 34.1 Å². The number of hydrogen-bond acceptors (Lipinski definition) is 2. The van der Waals surface area contributed by atoms with Gasteiger partial charge in [0.2, 0.25) is 0 Å². The molecule has 0 aromatic heterocycles. The Kier molecular flexibility index (Phi) is 7.75. The van der Waals surface area contributed by atoms with Gasteiger partial charge in [-0.2, -0.15) is 0 Å². The summed E-state index contributed by atoms with van der Waals surface area (Å²) < 4.78 is 0. The van der Waals surface area contributed by atoms with Gasteiger partial charge in [0.15, 0.2) is 0 Å². The Balaban J connectivity index is 1.24. The second-order valence-corrected chi connectivity index (χ2v) is 24.7. The molecule has 0 atom stereocenters. The van der Waals surface area contributed by atoms with E-state index >= 15 is 0 Å². The van der Waals surface area contributed by atoms with Crippen LogP contribution >= 0.6 is 0 Å². The zero-order valence-electron chi connectivity index (χ0n) is 39.1. The minimum absolute atomic E-state index is 0.0985. The van der Waals surface area contributed by atoms with E-state index in [1.165, 1.54) is 115 Å². The minimum Gasteiger partial charge on any atom is -0.311 e. The molecule has 6 aliphatic rings. The first kappa shape index (κ1) is 38.7. The second kappa shape index (κ2) is 12.0. The number of fused-ring (bicyclic) bond motifs is 8. The van der Waals surface area contributed by atoms with Crippen LogP contribution < -0.4 is 26.2 Å². The Morgan fingerprint density at radius 2 is 0.833 bits per heavy atom. The van der Waals surface area contributed by atoms with Crippen molar-refractivity contribution in [1.82, 2.24) is 0 Å². The topological polar surface area (TPSA) is 6.48 Å². The van der Waals surface area contributed by atoms with Gasteiger partial charge in [-0.05, 0) is 206 Å². The first-order valence-electron chi connectivity index (χ1n) is 23.4. The molecule has 2 nitrogen and oxygen atoms in total. The van der Waals surface area contributed by atoms with Gasteiger partial charge in [0.25, 0.3) is 6.71 Å². The molecular formula is C57H67BN2. The van der Waals surface area contributed by atoms with Gasteiger partial charge in [-0.3, -0.25) is 0 Å². The first-order chi connectivity index (χ1) is 28.0. The molecule has 3 heteroatoms. The summed E-state index contributed by atoms with van der Waals surface area (Å²) in [5.41, 5.74) is 27.1. The second-order valence-electron chi connectivity index (χ2n) is 24.7. The molecule has 0 unspecified atom stereocenters. The molecule has 0 saturated carbocycles. The van der Waals surface area contributed by atoms with Crippen molar-refractivity contribution in [3.05, 3.63) is 123 Å². The third-order valence-electron chi connectivity index (χ3n) is 16.7. The Bertz CT molecular complexity index is 2700.